The van der Waals surface area contributed by atoms with Gasteiger partial charge in [-0.3, -0.25) is 0 Å². The second kappa shape index (κ2) is 8.18. The summed E-state index contributed by atoms with van der Waals surface area (Å²) >= 11 is 0. The molecular formula is C39H24O. The highest BCUT2D eigenvalue weighted by Gasteiger charge is 2.21. The van der Waals surface area contributed by atoms with Crippen LogP contribution in [0.5, 0.6) is 0 Å². The van der Waals surface area contributed by atoms with Gasteiger partial charge in [-0.25, -0.2) is 0 Å². The molecule has 0 amide bonds. The van der Waals surface area contributed by atoms with Crippen LogP contribution in [0.1, 0.15) is 16.7 Å². The number of hydrogen-bond acceptors (Lipinski definition) is 1. The lowest BCUT2D eigenvalue weighted by Crippen LogP contribution is -1.93. The largest absolute Gasteiger partial charge is 0.456 e. The predicted octanol–water partition coefficient (Wildman–Crippen LogP) is 10.8. The van der Waals surface area contributed by atoms with Gasteiger partial charge in [0, 0.05) is 10.9 Å². The fourth-order valence-corrected chi connectivity index (χ4v) is 6.80. The van der Waals surface area contributed by atoms with Crippen molar-refractivity contribution >= 4 is 54.9 Å². The molecule has 1 heterocycles. The molecule has 0 fully saturated rings. The molecule has 0 spiro atoms. The molecule has 0 atom stereocenters. The van der Waals surface area contributed by atoms with Gasteiger partial charge in [0.15, 0.2) is 0 Å². The van der Waals surface area contributed by atoms with E-state index in [2.05, 4.69) is 121 Å². The van der Waals surface area contributed by atoms with E-state index in [0.29, 0.717) is 0 Å². The summed E-state index contributed by atoms with van der Waals surface area (Å²) in [5.41, 5.74) is 9.95. The van der Waals surface area contributed by atoms with E-state index < -0.39 is 0 Å². The maximum atomic E-state index is 6.47. The van der Waals surface area contributed by atoms with Crippen LogP contribution in [-0.2, 0) is 6.42 Å². The van der Waals surface area contributed by atoms with Gasteiger partial charge in [-0.1, -0.05) is 115 Å². The normalized spacial score (nSPS) is 13.1. The van der Waals surface area contributed by atoms with Gasteiger partial charge in [0.25, 0.3) is 0 Å². The molecule has 9 rings (SSSR count). The van der Waals surface area contributed by atoms with Gasteiger partial charge in [-0.2, -0.15) is 0 Å². The first kappa shape index (κ1) is 21.8. The van der Waals surface area contributed by atoms with Gasteiger partial charge < -0.3 is 4.42 Å². The molecule has 1 nitrogen and oxygen atoms in total. The van der Waals surface area contributed by atoms with E-state index in [4.69, 9.17) is 4.42 Å². The van der Waals surface area contributed by atoms with Crippen LogP contribution >= 0.6 is 0 Å². The Hall–Kier alpha value is -5.14. The molecule has 8 aromatic rings. The fraction of sp³-hybridized carbons (Fsp3) is 0.0256. The second-order valence-electron chi connectivity index (χ2n) is 10.9. The molecule has 0 N–H and O–H groups in total. The first-order valence-corrected chi connectivity index (χ1v) is 13.9. The number of furan rings is 1. The minimum atomic E-state index is 0.908. The summed E-state index contributed by atoms with van der Waals surface area (Å²) in [5.74, 6) is 0.908. The summed E-state index contributed by atoms with van der Waals surface area (Å²) in [6, 6.07) is 46.1. The minimum Gasteiger partial charge on any atom is -0.456 e. The standard InChI is InChI=1S/C39H24O/c1-2-8-24(9-3-1)34-23-35(37-22-28-12-6-7-13-36(28)40-37)33-17-15-25-14-16-30(31-18-19-32(34)39(33)38(25)31)29-20-26-10-4-5-11-27(26)21-29/h1-20,22-23H,21H2. The Morgan fingerprint density at radius 3 is 2.10 bits per heavy atom. The zero-order chi connectivity index (χ0) is 26.2. The van der Waals surface area contributed by atoms with Crippen molar-refractivity contribution in [1.29, 1.82) is 0 Å². The summed E-state index contributed by atoms with van der Waals surface area (Å²) in [7, 11) is 0. The first-order chi connectivity index (χ1) is 19.8. The molecule has 40 heavy (non-hydrogen) atoms. The van der Waals surface area contributed by atoms with E-state index in [1.807, 2.05) is 12.1 Å². The molecule has 0 aliphatic heterocycles. The number of allylic oxidation sites excluding steroid dienone is 1. The van der Waals surface area contributed by atoms with Crippen molar-refractivity contribution in [1.82, 2.24) is 0 Å². The van der Waals surface area contributed by atoms with Crippen LogP contribution in [-0.4, -0.2) is 0 Å². The maximum Gasteiger partial charge on any atom is 0.136 e. The zero-order valence-corrected chi connectivity index (χ0v) is 21.8. The summed E-state index contributed by atoms with van der Waals surface area (Å²) in [4.78, 5) is 0. The molecule has 0 radical (unpaired) electrons. The molecule has 1 aromatic heterocycles. The maximum absolute atomic E-state index is 6.47. The lowest BCUT2D eigenvalue weighted by atomic mass is 9.84. The highest BCUT2D eigenvalue weighted by Crippen LogP contribution is 2.46. The number of rotatable bonds is 3. The van der Waals surface area contributed by atoms with Crippen molar-refractivity contribution in [2.75, 3.05) is 0 Å². The average Bonchev–Trinajstić information content (AvgIpc) is 3.64. The van der Waals surface area contributed by atoms with Crippen molar-refractivity contribution in [3.05, 3.63) is 144 Å². The van der Waals surface area contributed by atoms with Crippen molar-refractivity contribution in [2.45, 2.75) is 6.42 Å². The summed E-state index contributed by atoms with van der Waals surface area (Å²) in [6.07, 6.45) is 3.34. The van der Waals surface area contributed by atoms with Crippen LogP contribution in [0.15, 0.2) is 132 Å². The van der Waals surface area contributed by atoms with Gasteiger partial charge >= 0.3 is 0 Å². The van der Waals surface area contributed by atoms with Crippen LogP contribution in [0, 0.1) is 0 Å². The van der Waals surface area contributed by atoms with Crippen molar-refractivity contribution in [3.8, 4) is 22.5 Å². The Kier molecular flexibility index (Phi) is 4.45. The average molecular weight is 509 g/mol. The Morgan fingerprint density at radius 2 is 1.23 bits per heavy atom. The topological polar surface area (TPSA) is 13.1 Å². The predicted molar refractivity (Wildman–Crippen MR) is 169 cm³/mol. The number of fused-ring (bicyclic) bond motifs is 2. The van der Waals surface area contributed by atoms with Crippen LogP contribution in [0.2, 0.25) is 0 Å². The van der Waals surface area contributed by atoms with Crippen LogP contribution in [0.4, 0.5) is 0 Å². The Bertz CT molecular complexity index is 2250. The SMILES string of the molecule is C1=C(c2ccc3ccc4c(-c5cc6ccccc6o5)cc(-c5ccccc5)c5ccc2c3c54)Cc2ccccc21. The molecule has 0 unspecified atom stereocenters. The number of hydrogen-bond donors (Lipinski definition) is 0. The van der Waals surface area contributed by atoms with E-state index in [1.165, 1.54) is 65.7 Å². The fourth-order valence-electron chi connectivity index (χ4n) is 6.80. The van der Waals surface area contributed by atoms with Gasteiger partial charge in [0.2, 0.25) is 0 Å². The van der Waals surface area contributed by atoms with Crippen molar-refractivity contribution in [2.24, 2.45) is 0 Å². The number of para-hydroxylation sites is 1. The molecule has 1 heteroatoms. The summed E-state index contributed by atoms with van der Waals surface area (Å²) in [6.45, 7) is 0. The number of benzene rings is 7. The Balaban J connectivity index is 1.39. The molecule has 0 saturated heterocycles. The smallest absolute Gasteiger partial charge is 0.136 e. The van der Waals surface area contributed by atoms with E-state index in [1.54, 1.807) is 0 Å². The van der Waals surface area contributed by atoms with E-state index in [-0.39, 0.29) is 0 Å². The summed E-state index contributed by atoms with van der Waals surface area (Å²) in [5, 5.41) is 8.86. The molecule has 186 valence electrons. The highest BCUT2D eigenvalue weighted by molar-refractivity contribution is 6.29. The van der Waals surface area contributed by atoms with Crippen LogP contribution in [0.3, 0.4) is 0 Å². The Labute approximate surface area is 232 Å². The zero-order valence-electron chi connectivity index (χ0n) is 21.8. The molecule has 0 saturated carbocycles. The van der Waals surface area contributed by atoms with Crippen LogP contribution < -0.4 is 0 Å². The highest BCUT2D eigenvalue weighted by atomic mass is 16.3. The lowest BCUT2D eigenvalue weighted by molar-refractivity contribution is 0.632. The first-order valence-electron chi connectivity index (χ1n) is 13.9. The van der Waals surface area contributed by atoms with Crippen molar-refractivity contribution < 1.29 is 4.42 Å². The molecule has 0 bridgehead atoms. The van der Waals surface area contributed by atoms with E-state index in [0.717, 1.165) is 28.7 Å². The minimum absolute atomic E-state index is 0.908. The van der Waals surface area contributed by atoms with E-state index in [9.17, 15) is 0 Å². The molecular weight excluding hydrogens is 484 g/mol. The van der Waals surface area contributed by atoms with Gasteiger partial charge in [0.1, 0.15) is 11.3 Å². The monoisotopic (exact) mass is 508 g/mol. The van der Waals surface area contributed by atoms with Gasteiger partial charge in [0.05, 0.1) is 0 Å². The Morgan fingerprint density at radius 1 is 0.500 bits per heavy atom. The third-order valence-corrected chi connectivity index (χ3v) is 8.67. The molecule has 7 aromatic carbocycles. The quantitative estimate of drug-likeness (QED) is 0.216. The molecule has 1 aliphatic rings. The van der Waals surface area contributed by atoms with Crippen molar-refractivity contribution in [3.63, 3.8) is 0 Å². The van der Waals surface area contributed by atoms with Gasteiger partial charge in [-0.15, -0.1) is 0 Å². The van der Waals surface area contributed by atoms with Crippen LogP contribution in [0.25, 0.3) is 77.4 Å². The third kappa shape index (κ3) is 3.09. The third-order valence-electron chi connectivity index (χ3n) is 8.67. The molecule has 1 aliphatic carbocycles. The summed E-state index contributed by atoms with van der Waals surface area (Å²) < 4.78 is 6.47. The van der Waals surface area contributed by atoms with Gasteiger partial charge in [-0.05, 0) is 90.3 Å². The second-order valence-corrected chi connectivity index (χ2v) is 10.9. The van der Waals surface area contributed by atoms with E-state index >= 15 is 0 Å². The lowest BCUT2D eigenvalue weighted by Gasteiger charge is -2.19.